The van der Waals surface area contributed by atoms with Gasteiger partial charge in [-0.05, 0) is 62.6 Å². The average molecular weight is 495 g/mol. The van der Waals surface area contributed by atoms with Gasteiger partial charge in [0, 0.05) is 13.2 Å². The van der Waals surface area contributed by atoms with E-state index in [9.17, 15) is 14.7 Å². The third-order valence-corrected chi connectivity index (χ3v) is 5.86. The van der Waals surface area contributed by atoms with Crippen LogP contribution in [0.4, 0.5) is 21.0 Å². The number of carboxylic acid groups (broad SMARTS) is 1. The second kappa shape index (κ2) is 12.4. The van der Waals surface area contributed by atoms with Gasteiger partial charge in [-0.25, -0.2) is 19.4 Å². The van der Waals surface area contributed by atoms with E-state index in [1.807, 2.05) is 87.5 Å². The van der Waals surface area contributed by atoms with Gasteiger partial charge in [-0.1, -0.05) is 55.5 Å². The summed E-state index contributed by atoms with van der Waals surface area (Å²) >= 11 is 0. The van der Waals surface area contributed by atoms with Crippen LogP contribution in [0.2, 0.25) is 0 Å². The summed E-state index contributed by atoms with van der Waals surface area (Å²) in [5.41, 5.74) is 2.47. The smallest absolute Gasteiger partial charge is 0.416 e. The zero-order valence-electron chi connectivity index (χ0n) is 21.2. The molecule has 0 aromatic heterocycles. The van der Waals surface area contributed by atoms with Gasteiger partial charge in [-0.2, -0.15) is 0 Å². The molecule has 36 heavy (non-hydrogen) atoms. The molecule has 2 heterocycles. The Balaban J connectivity index is 0.000000201. The van der Waals surface area contributed by atoms with Crippen molar-refractivity contribution in [2.75, 3.05) is 29.6 Å². The summed E-state index contributed by atoms with van der Waals surface area (Å²) in [6, 6.07) is 15.1. The highest BCUT2D eigenvalue weighted by molar-refractivity contribution is 5.94. The number of carbonyl (C=O) groups excluding carboxylic acids is 1. The summed E-state index contributed by atoms with van der Waals surface area (Å²) in [5.74, 6) is 0. The Morgan fingerprint density at radius 3 is 2.11 bits per heavy atom. The minimum atomic E-state index is -0.998. The van der Waals surface area contributed by atoms with Crippen LogP contribution < -0.4 is 9.80 Å². The molecule has 2 aromatic rings. The second-order valence-corrected chi connectivity index (χ2v) is 7.97. The van der Waals surface area contributed by atoms with Crippen molar-refractivity contribution in [2.24, 2.45) is 0 Å². The summed E-state index contributed by atoms with van der Waals surface area (Å²) in [7, 11) is 0. The molecule has 0 saturated carbocycles. The molecule has 0 aliphatic carbocycles. The summed E-state index contributed by atoms with van der Waals surface area (Å²) in [5, 5.41) is 9.49. The van der Waals surface area contributed by atoms with Crippen LogP contribution in [-0.4, -0.2) is 49.1 Å². The number of hydrogen-bond donors (Lipinski definition) is 1. The van der Waals surface area contributed by atoms with Crippen LogP contribution in [0, 0.1) is 0 Å². The lowest BCUT2D eigenvalue weighted by atomic mass is 9.98. The first-order chi connectivity index (χ1) is 17.4. The molecule has 0 bridgehead atoms. The molecule has 0 fully saturated rings. The third-order valence-electron chi connectivity index (χ3n) is 5.86. The first kappa shape index (κ1) is 27.0. The molecular formula is C28H34N2O6. The normalized spacial score (nSPS) is 19.6. The number of fused-ring (bicyclic) bond motifs is 2. The van der Waals surface area contributed by atoms with Gasteiger partial charge in [0.15, 0.2) is 12.0 Å². The molecule has 4 rings (SSSR count). The lowest BCUT2D eigenvalue weighted by Gasteiger charge is -2.42. The van der Waals surface area contributed by atoms with Gasteiger partial charge < -0.3 is 19.3 Å². The maximum atomic E-state index is 12.0. The highest BCUT2D eigenvalue weighted by atomic mass is 16.6. The average Bonchev–Trinajstić information content (AvgIpc) is 2.89. The van der Waals surface area contributed by atoms with E-state index in [2.05, 4.69) is 0 Å². The topological polar surface area (TPSA) is 88.5 Å². The highest BCUT2D eigenvalue weighted by Gasteiger charge is 2.41. The lowest BCUT2D eigenvalue weighted by Crippen LogP contribution is -2.53. The molecule has 8 nitrogen and oxygen atoms in total. The molecule has 1 N–H and O–H groups in total. The molecule has 2 aromatic carbocycles. The minimum Gasteiger partial charge on any atom is -0.465 e. The number of nitrogens with zero attached hydrogens (tertiary/aromatic N) is 2. The monoisotopic (exact) mass is 494 g/mol. The number of benzene rings is 2. The van der Waals surface area contributed by atoms with Crippen LogP contribution in [0.3, 0.4) is 0 Å². The first-order valence-electron chi connectivity index (χ1n) is 12.2. The van der Waals surface area contributed by atoms with Crippen LogP contribution >= 0.6 is 0 Å². The maximum Gasteiger partial charge on any atom is 0.416 e. The lowest BCUT2D eigenvalue weighted by molar-refractivity contribution is -0.00399. The Morgan fingerprint density at radius 1 is 0.889 bits per heavy atom. The van der Waals surface area contributed by atoms with Gasteiger partial charge in [0.1, 0.15) is 0 Å². The molecule has 8 heteroatoms. The number of anilines is 2. The van der Waals surface area contributed by atoms with Crippen molar-refractivity contribution in [3.05, 3.63) is 71.8 Å². The van der Waals surface area contributed by atoms with Crippen molar-refractivity contribution in [3.8, 4) is 0 Å². The number of para-hydroxylation sites is 2. The Kier molecular flexibility index (Phi) is 9.27. The maximum absolute atomic E-state index is 12.0. The fourth-order valence-corrected chi connectivity index (χ4v) is 4.29. The van der Waals surface area contributed by atoms with Gasteiger partial charge >= 0.3 is 12.2 Å². The fourth-order valence-electron chi connectivity index (χ4n) is 4.29. The van der Waals surface area contributed by atoms with E-state index in [0.29, 0.717) is 31.9 Å². The van der Waals surface area contributed by atoms with Crippen molar-refractivity contribution in [1.82, 2.24) is 0 Å². The van der Waals surface area contributed by atoms with Gasteiger partial charge in [0.25, 0.3) is 0 Å². The minimum absolute atomic E-state index is 0.347. The molecule has 2 aliphatic heterocycles. The standard InChI is InChI=1S/2C14H17NO3/c1-3-14(18-4-2)10-9-11-7-5-6-8-12(11)15(14)13(16)17;1-3-17-13-10-9-11-7-5-6-8-12(11)15(13)14(16)18-4-2/h5-10H,3-4H2,1-2H3,(H,16,17);5-10,13H,3-4H2,1-2H3. The first-order valence-corrected chi connectivity index (χ1v) is 12.2. The number of hydrogen-bond acceptors (Lipinski definition) is 5. The van der Waals surface area contributed by atoms with E-state index >= 15 is 0 Å². The molecule has 0 radical (unpaired) electrons. The van der Waals surface area contributed by atoms with E-state index in [1.54, 1.807) is 17.9 Å². The van der Waals surface area contributed by atoms with Crippen LogP contribution in [-0.2, 0) is 14.2 Å². The second-order valence-electron chi connectivity index (χ2n) is 7.97. The van der Waals surface area contributed by atoms with Gasteiger partial charge in [0.2, 0.25) is 0 Å². The van der Waals surface area contributed by atoms with E-state index in [4.69, 9.17) is 14.2 Å². The van der Waals surface area contributed by atoms with Crippen molar-refractivity contribution in [2.45, 2.75) is 46.1 Å². The molecule has 0 saturated heterocycles. The predicted octanol–water partition coefficient (Wildman–Crippen LogP) is 6.38. The number of rotatable bonds is 6. The zero-order valence-corrected chi connectivity index (χ0v) is 21.2. The summed E-state index contributed by atoms with van der Waals surface area (Å²) in [6.45, 7) is 8.82. The van der Waals surface area contributed by atoms with E-state index in [-0.39, 0.29) is 6.09 Å². The van der Waals surface area contributed by atoms with Crippen LogP contribution in [0.5, 0.6) is 0 Å². The fraction of sp³-hybridized carbons (Fsp3) is 0.357. The summed E-state index contributed by atoms with van der Waals surface area (Å²) in [4.78, 5) is 26.5. The van der Waals surface area contributed by atoms with Crippen molar-refractivity contribution in [3.63, 3.8) is 0 Å². The van der Waals surface area contributed by atoms with Crippen LogP contribution in [0.25, 0.3) is 12.2 Å². The van der Waals surface area contributed by atoms with Gasteiger partial charge in [-0.3, -0.25) is 0 Å². The van der Waals surface area contributed by atoms with Gasteiger partial charge in [-0.15, -0.1) is 0 Å². The molecule has 2 aliphatic rings. The van der Waals surface area contributed by atoms with Crippen LogP contribution in [0.1, 0.15) is 45.2 Å². The molecule has 2 amide bonds. The quantitative estimate of drug-likeness (QED) is 0.501. The highest BCUT2D eigenvalue weighted by Crippen LogP contribution is 2.37. The number of carbonyl (C=O) groups is 2. The van der Waals surface area contributed by atoms with Gasteiger partial charge in [0.05, 0.1) is 18.0 Å². The predicted molar refractivity (Wildman–Crippen MR) is 141 cm³/mol. The Hall–Kier alpha value is -3.62. The van der Waals surface area contributed by atoms with Crippen molar-refractivity contribution in [1.29, 1.82) is 0 Å². The molecule has 0 spiro atoms. The Morgan fingerprint density at radius 2 is 1.53 bits per heavy atom. The van der Waals surface area contributed by atoms with E-state index in [1.165, 1.54) is 4.90 Å². The molecule has 192 valence electrons. The largest absolute Gasteiger partial charge is 0.465 e. The number of ether oxygens (including phenoxy) is 3. The van der Waals surface area contributed by atoms with E-state index in [0.717, 1.165) is 16.8 Å². The zero-order chi connectivity index (χ0) is 26.1. The molecule has 2 atom stereocenters. The van der Waals surface area contributed by atoms with E-state index < -0.39 is 18.0 Å². The van der Waals surface area contributed by atoms with Crippen molar-refractivity contribution >= 4 is 35.7 Å². The molecule has 2 unspecified atom stereocenters. The molecular weight excluding hydrogens is 460 g/mol. The summed E-state index contributed by atoms with van der Waals surface area (Å²) in [6.07, 6.45) is 6.37. The number of amides is 2. The summed E-state index contributed by atoms with van der Waals surface area (Å²) < 4.78 is 16.4. The third kappa shape index (κ3) is 5.61. The Labute approximate surface area is 212 Å². The SMILES string of the molecule is CCOC(=O)N1c2ccccc2C=CC1OCC.CCOC1(CC)C=Cc2ccccc2N1C(=O)O. The Bertz CT molecular complexity index is 1110. The van der Waals surface area contributed by atoms with Crippen molar-refractivity contribution < 1.29 is 28.9 Å². The van der Waals surface area contributed by atoms with Crippen LogP contribution in [0.15, 0.2) is 60.7 Å².